The van der Waals surface area contributed by atoms with E-state index in [4.69, 9.17) is 4.74 Å². The van der Waals surface area contributed by atoms with Gasteiger partial charge in [-0.2, -0.15) is 0 Å². The molecule has 0 N–H and O–H groups in total. The highest BCUT2D eigenvalue weighted by molar-refractivity contribution is 6.08. The van der Waals surface area contributed by atoms with Crippen molar-refractivity contribution in [2.75, 3.05) is 9.80 Å². The Morgan fingerprint density at radius 1 is 0.485 bits per heavy atom. The molecule has 68 heavy (non-hydrogen) atoms. The number of benzene rings is 9. The van der Waals surface area contributed by atoms with Crippen LogP contribution in [0.4, 0.5) is 34.3 Å². The molecule has 0 saturated heterocycles. The molecule has 1 aliphatic heterocycles. The van der Waals surface area contributed by atoms with Crippen molar-refractivity contribution >= 4 is 45.2 Å². The second kappa shape index (κ2) is 16.1. The van der Waals surface area contributed by atoms with Crippen LogP contribution in [0.15, 0.2) is 255 Å². The second-order valence-electron chi connectivity index (χ2n) is 18.1. The van der Waals surface area contributed by atoms with Crippen molar-refractivity contribution in [3.63, 3.8) is 0 Å². The van der Waals surface area contributed by atoms with Crippen LogP contribution in [0.5, 0.6) is 11.5 Å². The number of hydrogen-bond donors (Lipinski definition) is 0. The van der Waals surface area contributed by atoms with Gasteiger partial charge in [0, 0.05) is 34.4 Å². The zero-order chi connectivity index (χ0) is 45.2. The van der Waals surface area contributed by atoms with E-state index in [9.17, 15) is 0 Å². The monoisotopic (exact) mass is 873 g/mol. The van der Waals surface area contributed by atoms with Gasteiger partial charge in [-0.05, 0) is 124 Å². The summed E-state index contributed by atoms with van der Waals surface area (Å²) in [7, 11) is 0. The Balaban J connectivity index is 1.02. The highest BCUT2D eigenvalue weighted by Crippen LogP contribution is 2.60. The first-order chi connectivity index (χ1) is 33.7. The van der Waals surface area contributed by atoms with Gasteiger partial charge in [0.05, 0.1) is 22.0 Å². The van der Waals surface area contributed by atoms with Gasteiger partial charge in [-0.25, -0.2) is 0 Å². The van der Waals surface area contributed by atoms with Gasteiger partial charge >= 0.3 is 0 Å². The minimum atomic E-state index is -0.416. The summed E-state index contributed by atoms with van der Waals surface area (Å²) in [5.41, 5.74) is 15.8. The van der Waals surface area contributed by atoms with Crippen molar-refractivity contribution in [2.24, 2.45) is 11.8 Å². The Bertz CT molecular complexity index is 3580. The number of hydrogen-bond acceptors (Lipinski definition) is 3. The Morgan fingerprint density at radius 2 is 1.10 bits per heavy atom. The Morgan fingerprint density at radius 3 is 1.90 bits per heavy atom. The molecule has 3 atom stereocenters. The number of rotatable bonds is 8. The van der Waals surface area contributed by atoms with Crippen molar-refractivity contribution in [2.45, 2.75) is 12.3 Å². The highest BCUT2D eigenvalue weighted by atomic mass is 16.5. The van der Waals surface area contributed by atoms with Gasteiger partial charge in [0.15, 0.2) is 17.3 Å². The summed E-state index contributed by atoms with van der Waals surface area (Å²) in [6.45, 7) is 2.37. The van der Waals surface area contributed by atoms with E-state index in [-0.39, 0.29) is 5.92 Å². The lowest BCUT2D eigenvalue weighted by atomic mass is 9.60. The minimum absolute atomic E-state index is 0.197. The number of ether oxygens (including phenoxy) is 1. The molecule has 3 unspecified atom stereocenters. The number of aromatic nitrogens is 1. The quantitative estimate of drug-likeness (QED) is 0.152. The molecule has 0 amide bonds. The van der Waals surface area contributed by atoms with Crippen LogP contribution in [0.2, 0.25) is 0 Å². The molecular formula is C64H47N3O. The van der Waals surface area contributed by atoms with Crippen LogP contribution >= 0.6 is 0 Å². The van der Waals surface area contributed by atoms with Crippen molar-refractivity contribution in [3.05, 3.63) is 272 Å². The molecule has 2 aliphatic carbocycles. The first kappa shape index (κ1) is 39.7. The summed E-state index contributed by atoms with van der Waals surface area (Å²) in [4.78, 5) is 4.78. The summed E-state index contributed by atoms with van der Waals surface area (Å²) in [6, 6.07) is 83.6. The van der Waals surface area contributed by atoms with E-state index in [2.05, 4.69) is 276 Å². The van der Waals surface area contributed by atoms with E-state index < -0.39 is 5.41 Å². The zero-order valence-electron chi connectivity index (χ0n) is 37.7. The number of fused-ring (bicyclic) bond motifs is 7. The fraction of sp³-hybridized carbons (Fsp3) is 0.0625. The van der Waals surface area contributed by atoms with Gasteiger partial charge in [-0.15, -0.1) is 0 Å². The summed E-state index contributed by atoms with van der Waals surface area (Å²) in [5.74, 6) is 3.11. The number of allylic oxidation sites excluding steroid dienone is 4. The molecule has 0 bridgehead atoms. The average Bonchev–Trinajstić information content (AvgIpc) is 3.89. The van der Waals surface area contributed by atoms with Crippen LogP contribution in [-0.2, 0) is 5.41 Å². The Kier molecular flexibility index (Phi) is 9.40. The molecule has 10 aromatic rings. The predicted octanol–water partition coefficient (Wildman–Crippen LogP) is 17.0. The lowest BCUT2D eigenvalue weighted by Gasteiger charge is -2.42. The van der Waals surface area contributed by atoms with Gasteiger partial charge < -0.3 is 9.64 Å². The Labute approximate surface area is 397 Å². The van der Waals surface area contributed by atoms with Crippen molar-refractivity contribution in [1.82, 2.24) is 4.57 Å². The molecule has 4 nitrogen and oxygen atoms in total. The van der Waals surface area contributed by atoms with E-state index in [0.717, 1.165) is 73.5 Å². The summed E-state index contributed by atoms with van der Waals surface area (Å²) < 4.78 is 9.48. The van der Waals surface area contributed by atoms with Gasteiger partial charge in [-0.1, -0.05) is 183 Å². The minimum Gasteiger partial charge on any atom is -0.451 e. The average molecular weight is 874 g/mol. The molecule has 0 radical (unpaired) electrons. The third-order valence-electron chi connectivity index (χ3n) is 14.4. The molecule has 2 heterocycles. The molecule has 1 aromatic heterocycles. The molecule has 0 fully saturated rings. The lowest BCUT2D eigenvalue weighted by molar-refractivity contribution is 0.374. The molecular weight excluding hydrogens is 827 g/mol. The molecule has 13 rings (SSSR count). The van der Waals surface area contributed by atoms with Crippen molar-refractivity contribution < 1.29 is 4.74 Å². The fourth-order valence-electron chi connectivity index (χ4n) is 11.6. The third-order valence-corrected chi connectivity index (χ3v) is 14.4. The Hall–Kier alpha value is -8.60. The van der Waals surface area contributed by atoms with Gasteiger partial charge in [0.1, 0.15) is 0 Å². The van der Waals surface area contributed by atoms with E-state index in [1.807, 2.05) is 0 Å². The van der Waals surface area contributed by atoms with Crippen LogP contribution < -0.4 is 14.5 Å². The van der Waals surface area contributed by atoms with Crippen LogP contribution in [0, 0.1) is 11.8 Å². The van der Waals surface area contributed by atoms with Crippen molar-refractivity contribution in [1.29, 1.82) is 0 Å². The van der Waals surface area contributed by atoms with Crippen LogP contribution in [-0.4, -0.2) is 4.57 Å². The van der Waals surface area contributed by atoms with Crippen LogP contribution in [0.3, 0.4) is 0 Å². The molecule has 0 spiro atoms. The van der Waals surface area contributed by atoms with Gasteiger partial charge in [0.25, 0.3) is 0 Å². The normalized spacial score (nSPS) is 17.5. The molecule has 4 heteroatoms. The number of para-hydroxylation sites is 5. The molecule has 9 aromatic carbocycles. The van der Waals surface area contributed by atoms with Gasteiger partial charge in [-0.3, -0.25) is 9.47 Å². The topological polar surface area (TPSA) is 20.6 Å². The maximum Gasteiger partial charge on any atom is 0.179 e. The maximum absolute atomic E-state index is 7.12. The smallest absolute Gasteiger partial charge is 0.179 e. The SMILES string of the molecule is CC1C=CC=CC1C1(c2ccccc2)c2ccccc2-c2ccc(N(c3ccccc3)c3cccc(-c4cccc5c4c4c(n5-c5ccccc5)N(c5ccccc5)c5ccccc5O4)c3)cc21. The summed E-state index contributed by atoms with van der Waals surface area (Å²) in [5, 5.41) is 1.05. The molecule has 3 aliphatic rings. The molecule has 324 valence electrons. The van der Waals surface area contributed by atoms with E-state index >= 15 is 0 Å². The zero-order valence-corrected chi connectivity index (χ0v) is 37.7. The highest BCUT2D eigenvalue weighted by Gasteiger charge is 2.51. The summed E-state index contributed by atoms with van der Waals surface area (Å²) in [6.07, 6.45) is 9.27. The van der Waals surface area contributed by atoms with E-state index in [1.165, 1.54) is 27.8 Å². The van der Waals surface area contributed by atoms with E-state index in [0.29, 0.717) is 5.92 Å². The standard InChI is InChI=1S/C64H47N3O/c1-44-22-14-16-35-55(44)64(46-24-6-2-7-25-46)56-36-17-15-33-53(56)54-41-40-51(43-57(54)64)65(47-26-8-3-9-27-47)50-32-20-23-45(42-50)52-34-21-38-59-61(52)62-63(67(59)49-30-12-5-13-31-49)66(48-28-10-4-11-29-48)58-37-18-19-39-60(58)68-62/h2-44,55H,1H3. The lowest BCUT2D eigenvalue weighted by Crippen LogP contribution is -2.39. The second-order valence-corrected chi connectivity index (χ2v) is 18.1. The summed E-state index contributed by atoms with van der Waals surface area (Å²) >= 11 is 0. The van der Waals surface area contributed by atoms with Crippen LogP contribution in [0.1, 0.15) is 23.6 Å². The predicted molar refractivity (Wildman–Crippen MR) is 281 cm³/mol. The van der Waals surface area contributed by atoms with Crippen molar-refractivity contribution in [3.8, 4) is 39.4 Å². The first-order valence-electron chi connectivity index (χ1n) is 23.6. The van der Waals surface area contributed by atoms with Gasteiger partial charge in [0.2, 0.25) is 0 Å². The number of nitrogens with zero attached hydrogens (tertiary/aromatic N) is 3. The first-order valence-corrected chi connectivity index (χ1v) is 23.6. The molecule has 0 saturated carbocycles. The fourth-order valence-corrected chi connectivity index (χ4v) is 11.6. The van der Waals surface area contributed by atoms with Crippen LogP contribution in [0.25, 0.3) is 38.8 Å². The maximum atomic E-state index is 7.12. The largest absolute Gasteiger partial charge is 0.451 e. The number of anilines is 6. The third kappa shape index (κ3) is 6.07. The van der Waals surface area contributed by atoms with E-state index in [1.54, 1.807) is 0 Å².